The molecule has 0 radical (unpaired) electrons. The molecule has 0 atom stereocenters. The highest BCUT2D eigenvalue weighted by Crippen LogP contribution is 2.28. The van der Waals surface area contributed by atoms with Crippen LogP contribution in [0, 0.1) is 0 Å². The molecule has 33 heavy (non-hydrogen) atoms. The van der Waals surface area contributed by atoms with Crippen LogP contribution in [0.2, 0.25) is 0 Å². The molecule has 4 aromatic rings. The Balaban J connectivity index is 1.57. The lowest BCUT2D eigenvalue weighted by atomic mass is 10.0. The summed E-state index contributed by atoms with van der Waals surface area (Å²) in [5.41, 5.74) is 4.27. The Labute approximate surface area is 192 Å². The molecule has 0 saturated heterocycles. The zero-order valence-electron chi connectivity index (χ0n) is 18.8. The fraction of sp³-hybridized carbons (Fsp3) is 0.200. The normalized spacial score (nSPS) is 10.6. The Morgan fingerprint density at radius 1 is 0.939 bits per heavy atom. The molecule has 0 unspecified atom stereocenters. The standard InChI is InChI=1S/C25H25N5O3/c1-29(12-11-18-9-10-23(32-2)24(13-18)33-3)25(31)21-14-20(19-7-5-4-6-8-19)15-22(16-21)30-17-26-27-28-30/h4-10,13-17H,11-12H2,1-3H3. The monoisotopic (exact) mass is 443 g/mol. The average molecular weight is 444 g/mol. The lowest BCUT2D eigenvalue weighted by Crippen LogP contribution is -2.29. The van der Waals surface area contributed by atoms with Crippen LogP contribution in [0.3, 0.4) is 0 Å². The first-order valence-corrected chi connectivity index (χ1v) is 10.5. The second-order valence-electron chi connectivity index (χ2n) is 7.56. The molecule has 168 valence electrons. The number of methoxy groups -OCH3 is 2. The Morgan fingerprint density at radius 2 is 1.73 bits per heavy atom. The molecule has 0 fully saturated rings. The van der Waals surface area contributed by atoms with Gasteiger partial charge in [0.1, 0.15) is 6.33 Å². The predicted molar refractivity (Wildman–Crippen MR) is 125 cm³/mol. The second kappa shape index (κ2) is 9.95. The molecule has 1 heterocycles. The molecule has 0 aliphatic rings. The van der Waals surface area contributed by atoms with Gasteiger partial charge < -0.3 is 14.4 Å². The Kier molecular flexibility index (Phi) is 6.64. The van der Waals surface area contributed by atoms with Crippen LogP contribution >= 0.6 is 0 Å². The van der Waals surface area contributed by atoms with Gasteiger partial charge in [0.2, 0.25) is 0 Å². The second-order valence-corrected chi connectivity index (χ2v) is 7.56. The summed E-state index contributed by atoms with van der Waals surface area (Å²) in [6.45, 7) is 0.546. The van der Waals surface area contributed by atoms with E-state index in [2.05, 4.69) is 15.5 Å². The number of carbonyl (C=O) groups excluding carboxylic acids is 1. The zero-order valence-corrected chi connectivity index (χ0v) is 18.8. The summed E-state index contributed by atoms with van der Waals surface area (Å²) in [6.07, 6.45) is 2.19. The highest BCUT2D eigenvalue weighted by Gasteiger charge is 2.16. The van der Waals surface area contributed by atoms with Gasteiger partial charge in [0.15, 0.2) is 11.5 Å². The highest BCUT2D eigenvalue weighted by molar-refractivity contribution is 5.96. The van der Waals surface area contributed by atoms with E-state index in [1.54, 1.807) is 36.9 Å². The minimum atomic E-state index is -0.0809. The number of hydrogen-bond donors (Lipinski definition) is 0. The number of aromatic nitrogens is 4. The molecule has 0 bridgehead atoms. The summed E-state index contributed by atoms with van der Waals surface area (Å²) in [5, 5.41) is 11.4. The minimum absolute atomic E-state index is 0.0809. The Hall–Kier alpha value is -4.20. The molecule has 0 spiro atoms. The van der Waals surface area contributed by atoms with Crippen molar-refractivity contribution in [3.05, 3.63) is 84.2 Å². The molecular formula is C25H25N5O3. The van der Waals surface area contributed by atoms with E-state index in [0.29, 0.717) is 30.0 Å². The van der Waals surface area contributed by atoms with Gasteiger partial charge in [-0.05, 0) is 63.9 Å². The molecule has 8 nitrogen and oxygen atoms in total. The van der Waals surface area contributed by atoms with Crippen LogP contribution in [0.5, 0.6) is 11.5 Å². The molecule has 3 aromatic carbocycles. The van der Waals surface area contributed by atoms with Crippen molar-refractivity contribution in [2.75, 3.05) is 27.8 Å². The van der Waals surface area contributed by atoms with Gasteiger partial charge in [-0.15, -0.1) is 5.10 Å². The number of hydrogen-bond acceptors (Lipinski definition) is 6. The van der Waals surface area contributed by atoms with Crippen LogP contribution in [0.15, 0.2) is 73.1 Å². The lowest BCUT2D eigenvalue weighted by molar-refractivity contribution is 0.0796. The summed E-state index contributed by atoms with van der Waals surface area (Å²) in [5.74, 6) is 1.27. The van der Waals surface area contributed by atoms with Crippen molar-refractivity contribution in [1.29, 1.82) is 0 Å². The van der Waals surface area contributed by atoms with Crippen molar-refractivity contribution in [2.24, 2.45) is 0 Å². The average Bonchev–Trinajstić information content (AvgIpc) is 3.42. The molecule has 0 aliphatic carbocycles. The third-order valence-electron chi connectivity index (χ3n) is 5.42. The number of ether oxygens (including phenoxy) is 2. The van der Waals surface area contributed by atoms with Gasteiger partial charge in [-0.1, -0.05) is 36.4 Å². The van der Waals surface area contributed by atoms with E-state index in [-0.39, 0.29) is 5.91 Å². The number of likely N-dealkylation sites (N-methyl/N-ethyl adjacent to an activating group) is 1. The number of nitrogens with zero attached hydrogens (tertiary/aromatic N) is 5. The van der Waals surface area contributed by atoms with Crippen LogP contribution in [0.25, 0.3) is 16.8 Å². The number of amides is 1. The Bertz CT molecular complexity index is 1230. The van der Waals surface area contributed by atoms with Crippen molar-refractivity contribution in [3.63, 3.8) is 0 Å². The Morgan fingerprint density at radius 3 is 2.42 bits per heavy atom. The summed E-state index contributed by atoms with van der Waals surface area (Å²) in [4.78, 5) is 15.0. The summed E-state index contributed by atoms with van der Waals surface area (Å²) in [6, 6.07) is 21.4. The highest BCUT2D eigenvalue weighted by atomic mass is 16.5. The number of tetrazole rings is 1. The lowest BCUT2D eigenvalue weighted by Gasteiger charge is -2.19. The van der Waals surface area contributed by atoms with Crippen LogP contribution in [0.4, 0.5) is 0 Å². The molecule has 1 amide bonds. The van der Waals surface area contributed by atoms with Crippen LogP contribution in [0.1, 0.15) is 15.9 Å². The van der Waals surface area contributed by atoms with Crippen molar-refractivity contribution in [2.45, 2.75) is 6.42 Å². The van der Waals surface area contributed by atoms with Crippen LogP contribution < -0.4 is 9.47 Å². The van der Waals surface area contributed by atoms with Crippen molar-refractivity contribution in [3.8, 4) is 28.3 Å². The van der Waals surface area contributed by atoms with E-state index < -0.39 is 0 Å². The van der Waals surface area contributed by atoms with Gasteiger partial charge in [-0.25, -0.2) is 4.68 Å². The first kappa shape index (κ1) is 22.0. The fourth-order valence-corrected chi connectivity index (χ4v) is 3.60. The van der Waals surface area contributed by atoms with Gasteiger partial charge in [0, 0.05) is 19.2 Å². The smallest absolute Gasteiger partial charge is 0.253 e. The number of rotatable bonds is 8. The molecule has 8 heteroatoms. The molecule has 1 aromatic heterocycles. The molecule has 0 saturated carbocycles. The SMILES string of the molecule is COc1ccc(CCN(C)C(=O)c2cc(-c3ccccc3)cc(-n3cnnn3)c2)cc1OC. The fourth-order valence-electron chi connectivity index (χ4n) is 3.60. The molecule has 0 N–H and O–H groups in total. The van der Waals surface area contributed by atoms with E-state index in [9.17, 15) is 4.79 Å². The minimum Gasteiger partial charge on any atom is -0.493 e. The number of carbonyl (C=O) groups is 1. The maximum Gasteiger partial charge on any atom is 0.253 e. The van der Waals surface area contributed by atoms with E-state index >= 15 is 0 Å². The molecule has 4 rings (SSSR count). The van der Waals surface area contributed by atoms with E-state index in [1.807, 2.05) is 60.7 Å². The van der Waals surface area contributed by atoms with Gasteiger partial charge >= 0.3 is 0 Å². The topological polar surface area (TPSA) is 82.4 Å². The van der Waals surface area contributed by atoms with Gasteiger partial charge in [-0.2, -0.15) is 0 Å². The van der Waals surface area contributed by atoms with E-state index in [4.69, 9.17) is 9.47 Å². The summed E-state index contributed by atoms with van der Waals surface area (Å²) < 4.78 is 12.2. The molecule has 0 aliphatic heterocycles. The van der Waals surface area contributed by atoms with Gasteiger partial charge in [0.25, 0.3) is 5.91 Å². The zero-order chi connectivity index (χ0) is 23.2. The maximum atomic E-state index is 13.3. The first-order valence-electron chi connectivity index (χ1n) is 10.5. The van der Waals surface area contributed by atoms with Crippen molar-refractivity contribution < 1.29 is 14.3 Å². The number of benzene rings is 3. The quantitative estimate of drug-likeness (QED) is 0.413. The van der Waals surface area contributed by atoms with Gasteiger partial charge in [0.05, 0.1) is 19.9 Å². The predicted octanol–water partition coefficient (Wildman–Crippen LogP) is 3.66. The van der Waals surface area contributed by atoms with E-state index in [1.165, 1.54) is 6.33 Å². The third kappa shape index (κ3) is 5.01. The van der Waals surface area contributed by atoms with Gasteiger partial charge in [-0.3, -0.25) is 4.79 Å². The van der Waals surface area contributed by atoms with E-state index in [0.717, 1.165) is 22.4 Å². The maximum absolute atomic E-state index is 13.3. The van der Waals surface area contributed by atoms with Crippen molar-refractivity contribution >= 4 is 5.91 Å². The first-order chi connectivity index (χ1) is 16.1. The van der Waals surface area contributed by atoms with Crippen LogP contribution in [-0.2, 0) is 6.42 Å². The summed E-state index contributed by atoms with van der Waals surface area (Å²) >= 11 is 0. The van der Waals surface area contributed by atoms with Crippen molar-refractivity contribution in [1.82, 2.24) is 25.1 Å². The third-order valence-corrected chi connectivity index (χ3v) is 5.42. The largest absolute Gasteiger partial charge is 0.493 e. The molecular weight excluding hydrogens is 418 g/mol. The summed E-state index contributed by atoms with van der Waals surface area (Å²) in [7, 11) is 5.02. The van der Waals surface area contributed by atoms with Crippen LogP contribution in [-0.4, -0.2) is 58.8 Å².